The van der Waals surface area contributed by atoms with Crippen LogP contribution in [0, 0.1) is 0 Å². The van der Waals surface area contributed by atoms with E-state index < -0.39 is 36.4 Å². The van der Waals surface area contributed by atoms with E-state index in [4.69, 9.17) is 10.5 Å². The van der Waals surface area contributed by atoms with Crippen molar-refractivity contribution in [3.05, 3.63) is 18.2 Å². The van der Waals surface area contributed by atoms with Crippen LogP contribution in [0.15, 0.2) is 18.2 Å². The first kappa shape index (κ1) is 19.2. The third kappa shape index (κ3) is 4.47. The molecule has 1 saturated heterocycles. The van der Waals surface area contributed by atoms with Crippen LogP contribution in [0.4, 0.5) is 35.0 Å². The highest BCUT2D eigenvalue weighted by molar-refractivity contribution is 5.87. The minimum Gasteiger partial charge on any atom is -0.444 e. The van der Waals surface area contributed by atoms with Gasteiger partial charge in [0.1, 0.15) is 5.60 Å². The minimum absolute atomic E-state index is 0.00387. The van der Waals surface area contributed by atoms with Crippen molar-refractivity contribution in [2.45, 2.75) is 44.6 Å². The quantitative estimate of drug-likeness (QED) is 0.705. The summed E-state index contributed by atoms with van der Waals surface area (Å²) in [6, 6.07) is 4.46. The maximum Gasteiger partial charge on any atom is 0.418 e. The molecule has 6 nitrogen and oxygen atoms in total. The molecule has 0 radical (unpaired) electrons. The maximum absolute atomic E-state index is 13.0. The summed E-state index contributed by atoms with van der Waals surface area (Å²) in [7, 11) is 0. The molecule has 1 heterocycles. The second-order valence-corrected chi connectivity index (χ2v) is 7.10. The Morgan fingerprint density at radius 3 is 2.52 bits per heavy atom. The lowest BCUT2D eigenvalue weighted by Gasteiger charge is -2.27. The SMILES string of the molecule is CC(C)(C)OC(=O)Nc1ccc(N)c(N2CCC(O)(C(F)(F)F)C2)c1. The van der Waals surface area contributed by atoms with Crippen LogP contribution in [-0.2, 0) is 4.74 Å². The fraction of sp³-hybridized carbons (Fsp3) is 0.562. The average Bonchev–Trinajstić information content (AvgIpc) is 2.82. The van der Waals surface area contributed by atoms with Gasteiger partial charge in [-0.25, -0.2) is 4.79 Å². The zero-order valence-electron chi connectivity index (χ0n) is 14.3. The number of rotatable bonds is 2. The minimum atomic E-state index is -4.72. The van der Waals surface area contributed by atoms with Crippen LogP contribution >= 0.6 is 0 Å². The van der Waals surface area contributed by atoms with Crippen molar-refractivity contribution in [1.82, 2.24) is 0 Å². The van der Waals surface area contributed by atoms with E-state index in [0.717, 1.165) is 0 Å². The highest BCUT2D eigenvalue weighted by Crippen LogP contribution is 2.40. The van der Waals surface area contributed by atoms with Crippen molar-refractivity contribution in [2.75, 3.05) is 29.0 Å². The summed E-state index contributed by atoms with van der Waals surface area (Å²) in [5.74, 6) is 0. The van der Waals surface area contributed by atoms with Crippen molar-refractivity contribution < 1.29 is 27.8 Å². The van der Waals surface area contributed by atoms with Crippen LogP contribution < -0.4 is 16.0 Å². The number of benzene rings is 1. The van der Waals surface area contributed by atoms with Gasteiger partial charge in [0, 0.05) is 18.7 Å². The summed E-state index contributed by atoms with van der Waals surface area (Å²) >= 11 is 0. The largest absolute Gasteiger partial charge is 0.444 e. The third-order valence-corrected chi connectivity index (χ3v) is 3.79. The van der Waals surface area contributed by atoms with Crippen LogP contribution in [0.25, 0.3) is 0 Å². The number of nitrogens with zero attached hydrogens (tertiary/aromatic N) is 1. The molecule has 9 heteroatoms. The molecule has 1 aromatic carbocycles. The number of hydrogen-bond donors (Lipinski definition) is 3. The van der Waals surface area contributed by atoms with E-state index in [1.807, 2.05) is 0 Å². The topological polar surface area (TPSA) is 87.8 Å². The molecule has 0 aliphatic carbocycles. The van der Waals surface area contributed by atoms with E-state index in [9.17, 15) is 23.1 Å². The predicted molar refractivity (Wildman–Crippen MR) is 88.5 cm³/mol. The average molecular weight is 361 g/mol. The molecule has 1 aromatic rings. The molecular formula is C16H22F3N3O3. The molecule has 140 valence electrons. The maximum atomic E-state index is 13.0. The van der Waals surface area contributed by atoms with Crippen LogP contribution in [0.1, 0.15) is 27.2 Å². The van der Waals surface area contributed by atoms with Crippen LogP contribution in [0.5, 0.6) is 0 Å². The predicted octanol–water partition coefficient (Wildman–Crippen LogP) is 3.12. The summed E-state index contributed by atoms with van der Waals surface area (Å²) in [6.45, 7) is 4.52. The van der Waals surface area contributed by atoms with Gasteiger partial charge >= 0.3 is 12.3 Å². The molecule has 0 aromatic heterocycles. The Morgan fingerprint density at radius 2 is 2.00 bits per heavy atom. The first-order valence-electron chi connectivity index (χ1n) is 7.74. The van der Waals surface area contributed by atoms with E-state index in [1.54, 1.807) is 20.8 Å². The van der Waals surface area contributed by atoms with Gasteiger partial charge in [0.25, 0.3) is 0 Å². The first-order chi connectivity index (χ1) is 11.3. The standard InChI is InChI=1S/C16H22F3N3O3/c1-14(2,3)25-13(23)21-10-4-5-11(20)12(8-10)22-7-6-15(24,9-22)16(17,18)19/h4-5,8,24H,6-7,9,20H2,1-3H3,(H,21,23). The van der Waals surface area contributed by atoms with Gasteiger partial charge in [-0.2, -0.15) is 13.2 Å². The Kier molecular flexibility index (Phi) is 4.82. The molecule has 1 amide bonds. The fourth-order valence-corrected chi connectivity index (χ4v) is 2.55. The monoisotopic (exact) mass is 361 g/mol. The van der Waals surface area contributed by atoms with E-state index in [2.05, 4.69) is 5.32 Å². The zero-order valence-corrected chi connectivity index (χ0v) is 14.3. The van der Waals surface area contributed by atoms with Crippen LogP contribution in [0.3, 0.4) is 0 Å². The van der Waals surface area contributed by atoms with E-state index in [-0.39, 0.29) is 12.2 Å². The second-order valence-electron chi connectivity index (χ2n) is 7.10. The Bertz CT molecular complexity index is 658. The lowest BCUT2D eigenvalue weighted by molar-refractivity contribution is -0.250. The molecule has 1 atom stereocenters. The van der Waals surface area contributed by atoms with Crippen LogP contribution in [0.2, 0.25) is 0 Å². The number of nitrogen functional groups attached to an aromatic ring is 1. The van der Waals surface area contributed by atoms with Crippen molar-refractivity contribution in [3.8, 4) is 0 Å². The number of aliphatic hydroxyl groups is 1. The van der Waals surface area contributed by atoms with Crippen molar-refractivity contribution in [2.24, 2.45) is 0 Å². The molecule has 0 saturated carbocycles. The Hall–Kier alpha value is -2.16. The summed E-state index contributed by atoms with van der Waals surface area (Å²) in [5, 5.41) is 12.3. The molecule has 0 spiro atoms. The molecule has 25 heavy (non-hydrogen) atoms. The Labute approximate surface area is 143 Å². The van der Waals surface area contributed by atoms with E-state index >= 15 is 0 Å². The van der Waals surface area contributed by atoms with E-state index in [1.165, 1.54) is 23.1 Å². The summed E-state index contributed by atoms with van der Waals surface area (Å²) < 4.78 is 44.0. The molecule has 1 unspecified atom stereocenters. The van der Waals surface area contributed by atoms with Crippen molar-refractivity contribution >= 4 is 23.2 Å². The highest BCUT2D eigenvalue weighted by atomic mass is 19.4. The van der Waals surface area contributed by atoms with Gasteiger partial charge in [0.2, 0.25) is 0 Å². The highest BCUT2D eigenvalue weighted by Gasteiger charge is 2.57. The number of anilines is 3. The van der Waals surface area contributed by atoms with Gasteiger partial charge in [-0.3, -0.25) is 5.32 Å². The van der Waals surface area contributed by atoms with Gasteiger partial charge in [0.05, 0.1) is 17.9 Å². The van der Waals surface area contributed by atoms with Gasteiger partial charge in [-0.05, 0) is 39.0 Å². The van der Waals surface area contributed by atoms with Gasteiger partial charge in [0.15, 0.2) is 5.60 Å². The summed E-state index contributed by atoms with van der Waals surface area (Å²) in [4.78, 5) is 13.2. The lowest BCUT2D eigenvalue weighted by Crippen LogP contribution is -2.47. The molecule has 1 fully saturated rings. The number of nitrogens with one attached hydrogen (secondary N) is 1. The molecule has 4 N–H and O–H groups in total. The Morgan fingerprint density at radius 1 is 1.36 bits per heavy atom. The molecular weight excluding hydrogens is 339 g/mol. The Balaban J connectivity index is 2.16. The number of nitrogens with two attached hydrogens (primary N) is 1. The molecule has 1 aliphatic rings. The molecule has 0 bridgehead atoms. The number of halogens is 3. The summed E-state index contributed by atoms with van der Waals surface area (Å²) in [5.41, 5.74) is 3.30. The first-order valence-corrected chi connectivity index (χ1v) is 7.74. The smallest absolute Gasteiger partial charge is 0.418 e. The number of hydrogen-bond acceptors (Lipinski definition) is 5. The van der Waals surface area contributed by atoms with Crippen molar-refractivity contribution in [1.29, 1.82) is 0 Å². The lowest BCUT2D eigenvalue weighted by atomic mass is 10.0. The third-order valence-electron chi connectivity index (χ3n) is 3.79. The van der Waals surface area contributed by atoms with Gasteiger partial charge < -0.3 is 20.5 Å². The fourth-order valence-electron chi connectivity index (χ4n) is 2.55. The number of carbonyl (C=O) groups is 1. The molecule has 2 rings (SSSR count). The number of alkyl halides is 3. The van der Waals surface area contributed by atoms with Gasteiger partial charge in [-0.1, -0.05) is 0 Å². The molecule has 1 aliphatic heterocycles. The van der Waals surface area contributed by atoms with Crippen LogP contribution in [-0.4, -0.2) is 41.7 Å². The van der Waals surface area contributed by atoms with Crippen molar-refractivity contribution in [3.63, 3.8) is 0 Å². The second kappa shape index (κ2) is 6.29. The number of carbonyl (C=O) groups excluding carboxylic acids is 1. The number of amides is 1. The van der Waals surface area contributed by atoms with E-state index in [0.29, 0.717) is 11.4 Å². The normalized spacial score (nSPS) is 21.3. The number of ether oxygens (including phenoxy) is 1. The number of β-amino-alcohol motifs (C(OH)–C–C–N with tert-alkyl or cyclic N) is 1. The summed E-state index contributed by atoms with van der Waals surface area (Å²) in [6.07, 6.45) is -5.85. The zero-order chi connectivity index (χ0) is 19.0. The van der Waals surface area contributed by atoms with Gasteiger partial charge in [-0.15, -0.1) is 0 Å².